The Hall–Kier alpha value is -3.36. The summed E-state index contributed by atoms with van der Waals surface area (Å²) in [6, 6.07) is 19.6. The molecule has 208 valence electrons. The molecule has 0 aliphatic carbocycles. The van der Waals surface area contributed by atoms with Gasteiger partial charge >= 0.3 is 0 Å². The van der Waals surface area contributed by atoms with Crippen molar-refractivity contribution >= 4 is 39.1 Å². The summed E-state index contributed by atoms with van der Waals surface area (Å²) in [7, 11) is -4.11. The highest BCUT2D eigenvalue weighted by Crippen LogP contribution is 2.29. The van der Waals surface area contributed by atoms with Crippen LogP contribution in [0.25, 0.3) is 0 Å². The summed E-state index contributed by atoms with van der Waals surface area (Å²) >= 11 is 6.41. The molecular formula is C30H36ClN3O4S. The lowest BCUT2D eigenvalue weighted by molar-refractivity contribution is -0.139. The summed E-state index contributed by atoms with van der Waals surface area (Å²) in [5.74, 6) is -0.851. The molecule has 0 bridgehead atoms. The van der Waals surface area contributed by atoms with Gasteiger partial charge in [-0.05, 0) is 75.1 Å². The van der Waals surface area contributed by atoms with Crippen LogP contribution in [-0.2, 0) is 26.2 Å². The maximum Gasteiger partial charge on any atom is 0.264 e. The van der Waals surface area contributed by atoms with E-state index in [2.05, 4.69) is 5.32 Å². The van der Waals surface area contributed by atoms with E-state index in [1.807, 2.05) is 32.9 Å². The van der Waals surface area contributed by atoms with Crippen molar-refractivity contribution in [1.29, 1.82) is 0 Å². The van der Waals surface area contributed by atoms with Gasteiger partial charge in [0.05, 0.1) is 10.6 Å². The van der Waals surface area contributed by atoms with E-state index in [0.717, 1.165) is 16.3 Å². The minimum absolute atomic E-state index is 0.0413. The molecule has 0 spiro atoms. The first-order valence-electron chi connectivity index (χ1n) is 12.9. The summed E-state index contributed by atoms with van der Waals surface area (Å²) in [6.07, 6.45) is 0.729. The van der Waals surface area contributed by atoms with E-state index in [0.29, 0.717) is 21.8 Å². The molecule has 0 aliphatic heterocycles. The average Bonchev–Trinajstić information content (AvgIpc) is 2.92. The molecular weight excluding hydrogens is 534 g/mol. The third-order valence-corrected chi connectivity index (χ3v) is 8.85. The zero-order valence-corrected chi connectivity index (χ0v) is 24.6. The van der Waals surface area contributed by atoms with Crippen molar-refractivity contribution in [2.24, 2.45) is 0 Å². The molecule has 3 aromatic rings. The molecule has 7 nitrogen and oxygen atoms in total. The van der Waals surface area contributed by atoms with E-state index in [4.69, 9.17) is 11.6 Å². The van der Waals surface area contributed by atoms with Crippen LogP contribution in [0.1, 0.15) is 43.9 Å². The number of aryl methyl sites for hydroxylation is 2. The summed E-state index contributed by atoms with van der Waals surface area (Å²) in [5, 5.41) is 3.38. The molecule has 1 N–H and O–H groups in total. The fourth-order valence-electron chi connectivity index (χ4n) is 4.08. The van der Waals surface area contributed by atoms with E-state index < -0.39 is 28.5 Å². The van der Waals surface area contributed by atoms with Crippen LogP contribution in [0.5, 0.6) is 0 Å². The second kappa shape index (κ2) is 13.1. The molecule has 0 saturated carbocycles. The molecule has 9 heteroatoms. The number of halogens is 1. The second-order valence-corrected chi connectivity index (χ2v) is 12.0. The van der Waals surface area contributed by atoms with Crippen LogP contribution in [0.2, 0.25) is 5.02 Å². The number of carbonyl (C=O) groups excluding carboxylic acids is 2. The Morgan fingerprint density at radius 2 is 1.59 bits per heavy atom. The smallest absolute Gasteiger partial charge is 0.264 e. The number of carbonyl (C=O) groups is 2. The van der Waals surface area contributed by atoms with Gasteiger partial charge in [-0.1, -0.05) is 67.1 Å². The van der Waals surface area contributed by atoms with E-state index in [9.17, 15) is 18.0 Å². The maximum absolute atomic E-state index is 14.0. The van der Waals surface area contributed by atoms with Crippen molar-refractivity contribution < 1.29 is 18.0 Å². The van der Waals surface area contributed by atoms with Crippen molar-refractivity contribution in [3.05, 3.63) is 94.5 Å². The lowest BCUT2D eigenvalue weighted by atomic mass is 10.1. The van der Waals surface area contributed by atoms with Crippen molar-refractivity contribution in [2.75, 3.05) is 10.8 Å². The Morgan fingerprint density at radius 3 is 2.23 bits per heavy atom. The van der Waals surface area contributed by atoms with Gasteiger partial charge in [0.2, 0.25) is 11.8 Å². The number of anilines is 1. The Balaban J connectivity index is 2.07. The molecule has 39 heavy (non-hydrogen) atoms. The van der Waals surface area contributed by atoms with Gasteiger partial charge in [0.15, 0.2) is 0 Å². The predicted molar refractivity (Wildman–Crippen MR) is 156 cm³/mol. The summed E-state index contributed by atoms with van der Waals surface area (Å²) in [5.41, 5.74) is 2.61. The first kappa shape index (κ1) is 30.2. The van der Waals surface area contributed by atoms with Gasteiger partial charge in [0.25, 0.3) is 10.0 Å². The molecule has 0 saturated heterocycles. The predicted octanol–water partition coefficient (Wildman–Crippen LogP) is 5.48. The van der Waals surface area contributed by atoms with Crippen LogP contribution in [0, 0.1) is 13.8 Å². The van der Waals surface area contributed by atoms with Gasteiger partial charge in [-0.2, -0.15) is 0 Å². The van der Waals surface area contributed by atoms with Crippen molar-refractivity contribution in [1.82, 2.24) is 10.2 Å². The third kappa shape index (κ3) is 7.40. The lowest BCUT2D eigenvalue weighted by Crippen LogP contribution is -2.52. The zero-order chi connectivity index (χ0) is 28.7. The van der Waals surface area contributed by atoms with Crippen LogP contribution in [0.3, 0.4) is 0 Å². The van der Waals surface area contributed by atoms with E-state index in [1.165, 1.54) is 17.0 Å². The van der Waals surface area contributed by atoms with Crippen molar-refractivity contribution in [3.8, 4) is 0 Å². The number of amides is 2. The Kier molecular flexibility index (Phi) is 10.2. The number of nitrogens with one attached hydrogen (secondary N) is 1. The van der Waals surface area contributed by atoms with Crippen molar-refractivity contribution in [2.45, 2.75) is 64.6 Å². The molecule has 0 aromatic heterocycles. The fraction of sp³-hybridized carbons (Fsp3) is 0.333. The Bertz CT molecular complexity index is 1410. The molecule has 0 unspecified atom stereocenters. The van der Waals surface area contributed by atoms with Crippen LogP contribution in [0.15, 0.2) is 77.7 Å². The first-order valence-corrected chi connectivity index (χ1v) is 14.8. The monoisotopic (exact) mass is 569 g/mol. The van der Waals surface area contributed by atoms with Crippen LogP contribution in [0.4, 0.5) is 5.69 Å². The number of rotatable bonds is 11. The van der Waals surface area contributed by atoms with Gasteiger partial charge in [0.1, 0.15) is 12.6 Å². The van der Waals surface area contributed by atoms with Gasteiger partial charge in [-0.25, -0.2) is 8.42 Å². The fourth-order valence-corrected chi connectivity index (χ4v) is 5.77. The van der Waals surface area contributed by atoms with Crippen LogP contribution < -0.4 is 9.62 Å². The number of benzene rings is 3. The maximum atomic E-state index is 14.0. The van der Waals surface area contributed by atoms with Crippen molar-refractivity contribution in [3.63, 3.8) is 0 Å². The molecule has 3 rings (SSSR count). The quantitative estimate of drug-likeness (QED) is 0.331. The average molecular weight is 570 g/mol. The third-order valence-electron chi connectivity index (χ3n) is 6.71. The standard InChI is InChI=1S/C30H36ClN3O4S/c1-6-23(4)32-30(36)24(5)33(19-25-12-10-11-15-27(25)31)29(35)20-34(28-18-21(2)16-17-22(28)3)39(37,38)26-13-8-7-9-14-26/h7-18,23-24H,6,19-20H2,1-5H3,(H,32,36)/t23-,24+/m1/s1. The van der Waals surface area contributed by atoms with Crippen LogP contribution in [-0.4, -0.2) is 43.8 Å². The number of nitrogens with zero attached hydrogens (tertiary/aromatic N) is 2. The minimum Gasteiger partial charge on any atom is -0.352 e. The highest BCUT2D eigenvalue weighted by Gasteiger charge is 2.33. The van der Waals surface area contributed by atoms with E-state index in [-0.39, 0.29) is 23.4 Å². The SMILES string of the molecule is CC[C@@H](C)NC(=O)[C@H](C)N(Cc1ccccc1Cl)C(=O)CN(c1cc(C)ccc1C)S(=O)(=O)c1ccccc1. The topological polar surface area (TPSA) is 86.8 Å². The van der Waals surface area contributed by atoms with Gasteiger partial charge in [-0.3, -0.25) is 13.9 Å². The highest BCUT2D eigenvalue weighted by atomic mass is 35.5. The molecule has 3 aromatic carbocycles. The largest absolute Gasteiger partial charge is 0.352 e. The van der Waals surface area contributed by atoms with Gasteiger partial charge < -0.3 is 10.2 Å². The minimum atomic E-state index is -4.11. The van der Waals surface area contributed by atoms with Gasteiger partial charge in [0, 0.05) is 17.6 Å². The zero-order valence-electron chi connectivity index (χ0n) is 23.0. The molecule has 0 radical (unpaired) electrons. The number of sulfonamides is 1. The number of hydrogen-bond acceptors (Lipinski definition) is 4. The lowest BCUT2D eigenvalue weighted by Gasteiger charge is -2.33. The second-order valence-electron chi connectivity index (χ2n) is 9.72. The molecule has 2 atom stereocenters. The normalized spacial score (nSPS) is 12.9. The van der Waals surface area contributed by atoms with E-state index >= 15 is 0 Å². The molecule has 2 amide bonds. The van der Waals surface area contributed by atoms with Gasteiger partial charge in [-0.15, -0.1) is 0 Å². The molecule has 0 heterocycles. The number of hydrogen-bond donors (Lipinski definition) is 1. The summed E-state index contributed by atoms with van der Waals surface area (Å²) in [6.45, 7) is 8.70. The molecule has 0 aliphatic rings. The summed E-state index contributed by atoms with van der Waals surface area (Å²) < 4.78 is 29.0. The van der Waals surface area contributed by atoms with Crippen LogP contribution >= 0.6 is 11.6 Å². The molecule has 0 fully saturated rings. The van der Waals surface area contributed by atoms with E-state index in [1.54, 1.807) is 62.4 Å². The Morgan fingerprint density at radius 1 is 0.949 bits per heavy atom. The first-order chi connectivity index (χ1) is 18.4. The summed E-state index contributed by atoms with van der Waals surface area (Å²) in [4.78, 5) is 28.6. The highest BCUT2D eigenvalue weighted by molar-refractivity contribution is 7.92. The Labute approximate surface area is 236 Å².